The maximum absolute atomic E-state index is 5.85. The van der Waals surface area contributed by atoms with E-state index < -0.39 is 0 Å². The van der Waals surface area contributed by atoms with E-state index in [-0.39, 0.29) is 0 Å². The van der Waals surface area contributed by atoms with Gasteiger partial charge in [0.25, 0.3) is 0 Å². The minimum atomic E-state index is 0.291. The van der Waals surface area contributed by atoms with Crippen molar-refractivity contribution in [1.29, 1.82) is 0 Å². The van der Waals surface area contributed by atoms with E-state index in [1.165, 1.54) is 24.0 Å². The highest BCUT2D eigenvalue weighted by Gasteiger charge is 2.31. The molecule has 4 nitrogen and oxygen atoms in total. The Labute approximate surface area is 112 Å². The molecule has 1 fully saturated rings. The van der Waals surface area contributed by atoms with E-state index in [0.29, 0.717) is 17.8 Å². The second kappa shape index (κ2) is 4.02. The molecule has 4 heteroatoms. The van der Waals surface area contributed by atoms with Gasteiger partial charge in [0, 0.05) is 11.8 Å². The van der Waals surface area contributed by atoms with Crippen LogP contribution in [0, 0.1) is 0 Å². The van der Waals surface area contributed by atoms with Gasteiger partial charge in [-0.3, -0.25) is 0 Å². The molecule has 1 unspecified atom stereocenters. The molecule has 2 aliphatic rings. The van der Waals surface area contributed by atoms with Crippen molar-refractivity contribution >= 4 is 5.95 Å². The number of nitrogen functional groups attached to an aromatic ring is 1. The number of aromatic nitrogens is 3. The van der Waals surface area contributed by atoms with Crippen molar-refractivity contribution in [3.05, 3.63) is 47.0 Å². The normalized spacial score (nSPS) is 21.4. The summed E-state index contributed by atoms with van der Waals surface area (Å²) >= 11 is 0. The first kappa shape index (κ1) is 10.9. The molecule has 0 spiro atoms. The number of benzene rings is 1. The van der Waals surface area contributed by atoms with E-state index in [4.69, 9.17) is 5.73 Å². The van der Waals surface area contributed by atoms with Gasteiger partial charge in [0.2, 0.25) is 5.95 Å². The third kappa shape index (κ3) is 1.87. The molecule has 0 bridgehead atoms. The molecule has 0 aliphatic heterocycles. The Balaban J connectivity index is 1.77. The largest absolute Gasteiger partial charge is 0.368 e. The minimum Gasteiger partial charge on any atom is -0.368 e. The van der Waals surface area contributed by atoms with Crippen LogP contribution in [0.4, 0.5) is 5.95 Å². The first-order chi connectivity index (χ1) is 9.31. The van der Waals surface area contributed by atoms with E-state index >= 15 is 0 Å². The predicted octanol–water partition coefficient (Wildman–Crippen LogP) is 2.41. The second-order valence-corrected chi connectivity index (χ2v) is 5.47. The highest BCUT2D eigenvalue weighted by atomic mass is 15.1. The fourth-order valence-electron chi connectivity index (χ4n) is 2.93. The van der Waals surface area contributed by atoms with Crippen LogP contribution in [0.5, 0.6) is 0 Å². The summed E-state index contributed by atoms with van der Waals surface area (Å²) in [6.45, 7) is 0. The first-order valence-electron chi connectivity index (χ1n) is 6.90. The molecule has 2 aromatic rings. The van der Waals surface area contributed by atoms with Crippen molar-refractivity contribution in [2.45, 2.75) is 37.5 Å². The summed E-state index contributed by atoms with van der Waals surface area (Å²) in [5.74, 6) is 2.93. The van der Waals surface area contributed by atoms with Crippen molar-refractivity contribution in [1.82, 2.24) is 15.0 Å². The zero-order valence-electron chi connectivity index (χ0n) is 10.7. The molecule has 2 aliphatic carbocycles. The monoisotopic (exact) mass is 252 g/mol. The summed E-state index contributed by atoms with van der Waals surface area (Å²) in [7, 11) is 0. The van der Waals surface area contributed by atoms with Crippen LogP contribution in [0.2, 0.25) is 0 Å². The molecule has 0 saturated heterocycles. The average molecular weight is 252 g/mol. The van der Waals surface area contributed by atoms with Crippen molar-refractivity contribution < 1.29 is 0 Å². The predicted molar refractivity (Wildman–Crippen MR) is 72.8 cm³/mol. The van der Waals surface area contributed by atoms with Crippen LogP contribution in [0.1, 0.15) is 53.9 Å². The quantitative estimate of drug-likeness (QED) is 0.891. The maximum Gasteiger partial charge on any atom is 0.223 e. The molecule has 1 aromatic heterocycles. The summed E-state index contributed by atoms with van der Waals surface area (Å²) in [6.07, 6.45) is 4.55. The molecule has 96 valence electrons. The number of nitrogens with zero attached hydrogens (tertiary/aromatic N) is 3. The molecular weight excluding hydrogens is 236 g/mol. The van der Waals surface area contributed by atoms with Crippen LogP contribution in [-0.2, 0) is 6.42 Å². The fourth-order valence-corrected chi connectivity index (χ4v) is 2.93. The van der Waals surface area contributed by atoms with Crippen LogP contribution in [0.3, 0.4) is 0 Å². The van der Waals surface area contributed by atoms with Gasteiger partial charge in [0.1, 0.15) is 11.6 Å². The summed E-state index contributed by atoms with van der Waals surface area (Å²) in [5, 5.41) is 0. The smallest absolute Gasteiger partial charge is 0.223 e. The Hall–Kier alpha value is -1.97. The van der Waals surface area contributed by atoms with E-state index in [1.54, 1.807) is 0 Å². The summed E-state index contributed by atoms with van der Waals surface area (Å²) in [5.41, 5.74) is 8.62. The van der Waals surface area contributed by atoms with Crippen LogP contribution < -0.4 is 5.73 Å². The summed E-state index contributed by atoms with van der Waals surface area (Å²) in [4.78, 5) is 13.3. The number of anilines is 1. The molecule has 4 rings (SSSR count). The highest BCUT2D eigenvalue weighted by molar-refractivity contribution is 5.39. The van der Waals surface area contributed by atoms with Gasteiger partial charge in [-0.2, -0.15) is 9.97 Å². The van der Waals surface area contributed by atoms with E-state index in [1.807, 2.05) is 0 Å². The van der Waals surface area contributed by atoms with Gasteiger partial charge in [0.15, 0.2) is 0 Å². The third-order valence-corrected chi connectivity index (χ3v) is 4.07. The number of nitrogens with two attached hydrogens (primary N) is 1. The molecule has 1 aromatic carbocycles. The molecule has 0 amide bonds. The van der Waals surface area contributed by atoms with E-state index in [2.05, 4.69) is 39.2 Å². The number of rotatable bonds is 2. The molecule has 1 atom stereocenters. The minimum absolute atomic E-state index is 0.291. The van der Waals surface area contributed by atoms with Crippen molar-refractivity contribution in [2.24, 2.45) is 0 Å². The lowest BCUT2D eigenvalue weighted by Crippen LogP contribution is -2.10. The van der Waals surface area contributed by atoms with Crippen LogP contribution in [0.15, 0.2) is 24.3 Å². The number of hydrogen-bond donors (Lipinski definition) is 1. The van der Waals surface area contributed by atoms with Crippen molar-refractivity contribution in [3.8, 4) is 0 Å². The van der Waals surface area contributed by atoms with E-state index in [0.717, 1.165) is 24.5 Å². The zero-order valence-corrected chi connectivity index (χ0v) is 10.7. The Kier molecular flexibility index (Phi) is 2.31. The van der Waals surface area contributed by atoms with Gasteiger partial charge in [0.05, 0.1) is 0 Å². The second-order valence-electron chi connectivity index (χ2n) is 5.47. The highest BCUT2D eigenvalue weighted by Crippen LogP contribution is 2.40. The average Bonchev–Trinajstić information content (AvgIpc) is 3.18. The molecular formula is C15H16N4. The maximum atomic E-state index is 5.85. The number of aryl methyl sites for hydroxylation is 1. The molecule has 1 heterocycles. The lowest BCUT2D eigenvalue weighted by Gasteiger charge is -2.11. The van der Waals surface area contributed by atoms with E-state index in [9.17, 15) is 0 Å². The fraction of sp³-hybridized carbons (Fsp3) is 0.400. The Morgan fingerprint density at radius 2 is 1.74 bits per heavy atom. The summed E-state index contributed by atoms with van der Waals surface area (Å²) < 4.78 is 0. The van der Waals surface area contributed by atoms with Crippen LogP contribution >= 0.6 is 0 Å². The van der Waals surface area contributed by atoms with Gasteiger partial charge in [-0.05, 0) is 36.8 Å². The Bertz CT molecular complexity index is 634. The zero-order chi connectivity index (χ0) is 12.8. The number of fused-ring (bicyclic) bond motifs is 1. The lowest BCUT2D eigenvalue weighted by molar-refractivity contribution is 0.705. The van der Waals surface area contributed by atoms with Crippen molar-refractivity contribution in [3.63, 3.8) is 0 Å². The van der Waals surface area contributed by atoms with Crippen molar-refractivity contribution in [2.75, 3.05) is 5.73 Å². The van der Waals surface area contributed by atoms with Crippen LogP contribution in [0.25, 0.3) is 0 Å². The molecule has 19 heavy (non-hydrogen) atoms. The van der Waals surface area contributed by atoms with Crippen LogP contribution in [-0.4, -0.2) is 15.0 Å². The van der Waals surface area contributed by atoms with Gasteiger partial charge >= 0.3 is 0 Å². The van der Waals surface area contributed by atoms with Gasteiger partial charge in [-0.15, -0.1) is 0 Å². The SMILES string of the molecule is Nc1nc(C2CC2)nc(C2CCc3ccccc32)n1. The standard InChI is InChI=1S/C15H16N4/c16-15-18-13(10-5-6-10)17-14(19-15)12-8-7-9-3-1-2-4-11(9)12/h1-4,10,12H,5-8H2,(H2,16,17,18,19). The van der Waals surface area contributed by atoms with Gasteiger partial charge < -0.3 is 5.73 Å². The first-order valence-corrected chi connectivity index (χ1v) is 6.90. The topological polar surface area (TPSA) is 64.7 Å². The van der Waals surface area contributed by atoms with Gasteiger partial charge in [-0.1, -0.05) is 24.3 Å². The Morgan fingerprint density at radius 1 is 0.947 bits per heavy atom. The number of hydrogen-bond acceptors (Lipinski definition) is 4. The molecule has 0 radical (unpaired) electrons. The summed E-state index contributed by atoms with van der Waals surface area (Å²) in [6, 6.07) is 8.56. The Morgan fingerprint density at radius 3 is 2.58 bits per heavy atom. The molecule has 2 N–H and O–H groups in total. The third-order valence-electron chi connectivity index (χ3n) is 4.07. The van der Waals surface area contributed by atoms with Gasteiger partial charge in [-0.25, -0.2) is 4.98 Å². The molecule has 1 saturated carbocycles. The lowest BCUT2D eigenvalue weighted by atomic mass is 10.0.